The van der Waals surface area contributed by atoms with Crippen LogP contribution in [-0.2, 0) is 0 Å². The van der Waals surface area contributed by atoms with Crippen molar-refractivity contribution >= 4 is 11.4 Å². The fraction of sp³-hybridized carbons (Fsp3) is 0.500. The van der Waals surface area contributed by atoms with Gasteiger partial charge >= 0.3 is 5.69 Å². The second kappa shape index (κ2) is 6.35. The van der Waals surface area contributed by atoms with E-state index >= 15 is 0 Å². The topological polar surface area (TPSA) is 93.7 Å². The number of nitrogens with zero attached hydrogens (tertiary/aromatic N) is 2. The molecule has 0 unspecified atom stereocenters. The van der Waals surface area contributed by atoms with Crippen molar-refractivity contribution in [2.45, 2.75) is 12.8 Å². The zero-order valence-corrected chi connectivity index (χ0v) is 10.7. The van der Waals surface area contributed by atoms with E-state index in [4.69, 9.17) is 10.6 Å². The van der Waals surface area contributed by atoms with Crippen LogP contribution in [0.2, 0.25) is 0 Å². The fourth-order valence-corrected chi connectivity index (χ4v) is 2.23. The minimum Gasteiger partial charge on any atom is -0.485 e. The van der Waals surface area contributed by atoms with Gasteiger partial charge < -0.3 is 10.2 Å². The average molecular weight is 266 g/mol. The lowest BCUT2D eigenvalue weighted by Crippen LogP contribution is -2.25. The van der Waals surface area contributed by atoms with Crippen molar-refractivity contribution in [3.05, 3.63) is 28.3 Å². The number of benzene rings is 1. The average Bonchev–Trinajstić information content (AvgIpc) is 2.91. The minimum absolute atomic E-state index is 0.119. The summed E-state index contributed by atoms with van der Waals surface area (Å²) in [7, 11) is 0. The van der Waals surface area contributed by atoms with Crippen molar-refractivity contribution in [1.82, 2.24) is 4.90 Å². The van der Waals surface area contributed by atoms with E-state index in [1.807, 2.05) is 0 Å². The Morgan fingerprint density at radius 3 is 2.79 bits per heavy atom. The van der Waals surface area contributed by atoms with Gasteiger partial charge in [-0.25, -0.2) is 0 Å². The van der Waals surface area contributed by atoms with Crippen molar-refractivity contribution in [2.75, 3.05) is 31.7 Å². The fourth-order valence-electron chi connectivity index (χ4n) is 2.23. The number of ether oxygens (including phenoxy) is 1. The van der Waals surface area contributed by atoms with Crippen LogP contribution in [0.25, 0.3) is 0 Å². The summed E-state index contributed by atoms with van der Waals surface area (Å²) in [6, 6.07) is 4.81. The molecule has 104 valence electrons. The number of nitro groups is 1. The molecule has 0 saturated carbocycles. The number of hydrogen-bond donors (Lipinski definition) is 2. The highest BCUT2D eigenvalue weighted by atomic mass is 16.6. The third-order valence-electron chi connectivity index (χ3n) is 3.20. The first kappa shape index (κ1) is 13.6. The molecule has 1 saturated heterocycles. The Bertz CT molecular complexity index is 447. The lowest BCUT2D eigenvalue weighted by Gasteiger charge is -2.15. The van der Waals surface area contributed by atoms with Crippen LogP contribution >= 0.6 is 0 Å². The number of nitrogen functional groups attached to an aromatic ring is 1. The van der Waals surface area contributed by atoms with Gasteiger partial charge in [0.1, 0.15) is 12.3 Å². The zero-order valence-electron chi connectivity index (χ0n) is 10.7. The molecule has 0 bridgehead atoms. The molecule has 1 aromatic rings. The maximum Gasteiger partial charge on any atom is 0.335 e. The standard InChI is InChI=1S/C12H18N4O3/c13-14-10-4-3-5-11(12(10)16(17)18)19-9-8-15-6-1-2-7-15/h3-5,14H,1-2,6-9,13H2. The van der Waals surface area contributed by atoms with E-state index in [2.05, 4.69) is 10.3 Å². The van der Waals surface area contributed by atoms with E-state index in [-0.39, 0.29) is 17.1 Å². The molecule has 19 heavy (non-hydrogen) atoms. The first-order valence-electron chi connectivity index (χ1n) is 6.31. The van der Waals surface area contributed by atoms with Gasteiger partial charge in [-0.1, -0.05) is 6.07 Å². The smallest absolute Gasteiger partial charge is 0.335 e. The van der Waals surface area contributed by atoms with Crippen molar-refractivity contribution in [2.24, 2.45) is 5.84 Å². The maximum absolute atomic E-state index is 11.0. The quantitative estimate of drug-likeness (QED) is 0.458. The van der Waals surface area contributed by atoms with E-state index in [1.54, 1.807) is 18.2 Å². The summed E-state index contributed by atoms with van der Waals surface area (Å²) >= 11 is 0. The van der Waals surface area contributed by atoms with Crippen molar-refractivity contribution in [3.63, 3.8) is 0 Å². The number of hydrazine groups is 1. The first-order valence-corrected chi connectivity index (χ1v) is 6.31. The number of likely N-dealkylation sites (tertiary alicyclic amines) is 1. The highest BCUT2D eigenvalue weighted by Crippen LogP contribution is 2.34. The highest BCUT2D eigenvalue weighted by molar-refractivity contribution is 5.67. The summed E-state index contributed by atoms with van der Waals surface area (Å²) in [6.45, 7) is 3.39. The lowest BCUT2D eigenvalue weighted by atomic mass is 10.2. The number of rotatable bonds is 6. The molecule has 1 fully saturated rings. The third-order valence-corrected chi connectivity index (χ3v) is 3.20. The van der Waals surface area contributed by atoms with Crippen LogP contribution < -0.4 is 16.0 Å². The molecule has 1 aliphatic heterocycles. The van der Waals surface area contributed by atoms with Crippen LogP contribution in [0.3, 0.4) is 0 Å². The number of hydrogen-bond acceptors (Lipinski definition) is 6. The molecular weight excluding hydrogens is 248 g/mol. The van der Waals surface area contributed by atoms with Gasteiger partial charge in [-0.3, -0.25) is 20.9 Å². The van der Waals surface area contributed by atoms with E-state index in [9.17, 15) is 10.1 Å². The molecule has 7 heteroatoms. The minimum atomic E-state index is -0.486. The summed E-state index contributed by atoms with van der Waals surface area (Å²) in [6.07, 6.45) is 2.43. The molecule has 0 spiro atoms. The molecule has 1 aromatic carbocycles. The molecule has 0 aliphatic carbocycles. The number of nitrogens with two attached hydrogens (primary N) is 1. The van der Waals surface area contributed by atoms with Gasteiger partial charge in [-0.05, 0) is 38.1 Å². The van der Waals surface area contributed by atoms with Gasteiger partial charge in [0.05, 0.1) is 4.92 Å². The third kappa shape index (κ3) is 3.33. The highest BCUT2D eigenvalue weighted by Gasteiger charge is 2.20. The van der Waals surface area contributed by atoms with Crippen molar-refractivity contribution in [1.29, 1.82) is 0 Å². The molecule has 2 rings (SSSR count). The molecule has 0 radical (unpaired) electrons. The summed E-state index contributed by atoms with van der Waals surface area (Å²) in [4.78, 5) is 12.8. The number of para-hydroxylation sites is 1. The largest absolute Gasteiger partial charge is 0.485 e. The number of nitro benzene ring substituents is 1. The second-order valence-corrected chi connectivity index (χ2v) is 4.45. The summed E-state index contributed by atoms with van der Waals surface area (Å²) < 4.78 is 5.52. The summed E-state index contributed by atoms with van der Waals surface area (Å²) in [5.41, 5.74) is 2.45. The normalized spacial score (nSPS) is 15.4. The van der Waals surface area contributed by atoms with Crippen LogP contribution in [0.1, 0.15) is 12.8 Å². The number of anilines is 1. The summed E-state index contributed by atoms with van der Waals surface area (Å²) in [5.74, 6) is 5.52. The van der Waals surface area contributed by atoms with E-state index in [0.717, 1.165) is 19.6 Å². The van der Waals surface area contributed by atoms with Crippen molar-refractivity contribution in [3.8, 4) is 5.75 Å². The van der Waals surface area contributed by atoms with Crippen LogP contribution in [0.15, 0.2) is 18.2 Å². The van der Waals surface area contributed by atoms with E-state index < -0.39 is 4.92 Å². The second-order valence-electron chi connectivity index (χ2n) is 4.45. The molecule has 1 heterocycles. The maximum atomic E-state index is 11.0. The Morgan fingerprint density at radius 2 is 2.16 bits per heavy atom. The molecule has 7 nitrogen and oxygen atoms in total. The predicted molar refractivity (Wildman–Crippen MR) is 72.1 cm³/mol. The molecule has 0 aromatic heterocycles. The van der Waals surface area contributed by atoms with E-state index in [1.165, 1.54) is 12.8 Å². The molecular formula is C12H18N4O3. The van der Waals surface area contributed by atoms with Gasteiger partial charge in [0.2, 0.25) is 0 Å². The molecule has 0 atom stereocenters. The Hall–Kier alpha value is -1.86. The molecule has 3 N–H and O–H groups in total. The van der Waals surface area contributed by atoms with Crippen LogP contribution in [0.5, 0.6) is 5.75 Å². The van der Waals surface area contributed by atoms with Gasteiger partial charge in [0, 0.05) is 6.54 Å². The Labute approximate surface area is 111 Å². The Kier molecular flexibility index (Phi) is 4.53. The zero-order chi connectivity index (χ0) is 13.7. The van der Waals surface area contributed by atoms with Gasteiger partial charge in [0.15, 0.2) is 5.75 Å². The van der Waals surface area contributed by atoms with Gasteiger partial charge in [-0.15, -0.1) is 0 Å². The lowest BCUT2D eigenvalue weighted by molar-refractivity contribution is -0.385. The monoisotopic (exact) mass is 266 g/mol. The Morgan fingerprint density at radius 1 is 1.42 bits per heavy atom. The summed E-state index contributed by atoms with van der Waals surface area (Å²) in [5, 5.41) is 11.0. The first-order chi connectivity index (χ1) is 9.22. The van der Waals surface area contributed by atoms with Crippen LogP contribution in [0.4, 0.5) is 11.4 Å². The molecule has 1 aliphatic rings. The van der Waals surface area contributed by atoms with Gasteiger partial charge in [0.25, 0.3) is 0 Å². The predicted octanol–water partition coefficient (Wildman–Crippen LogP) is 1.36. The molecule has 0 amide bonds. The van der Waals surface area contributed by atoms with Crippen LogP contribution in [0, 0.1) is 10.1 Å². The number of nitrogens with one attached hydrogen (secondary N) is 1. The van der Waals surface area contributed by atoms with E-state index in [0.29, 0.717) is 6.61 Å². The Balaban J connectivity index is 2.00. The van der Waals surface area contributed by atoms with Gasteiger partial charge in [-0.2, -0.15) is 0 Å². The van der Waals surface area contributed by atoms with Crippen LogP contribution in [-0.4, -0.2) is 36.1 Å². The SMILES string of the molecule is NNc1cccc(OCCN2CCCC2)c1[N+](=O)[O-]. The van der Waals surface area contributed by atoms with Crippen molar-refractivity contribution < 1.29 is 9.66 Å².